The van der Waals surface area contributed by atoms with Crippen molar-refractivity contribution < 1.29 is 17.9 Å². The van der Waals surface area contributed by atoms with E-state index in [1.165, 1.54) is 19.2 Å². The van der Waals surface area contributed by atoms with E-state index in [1.54, 1.807) is 37.3 Å². The number of amides is 1. The fourth-order valence-electron chi connectivity index (χ4n) is 2.31. The highest BCUT2D eigenvalue weighted by Crippen LogP contribution is 2.32. The zero-order chi connectivity index (χ0) is 20.9. The van der Waals surface area contributed by atoms with Crippen molar-refractivity contribution in [3.63, 3.8) is 0 Å². The van der Waals surface area contributed by atoms with E-state index in [4.69, 9.17) is 27.9 Å². The Morgan fingerprint density at radius 1 is 1.14 bits per heavy atom. The number of nitrogens with zero attached hydrogens (tertiary/aromatic N) is 2. The van der Waals surface area contributed by atoms with Crippen molar-refractivity contribution in [3.05, 3.63) is 58.1 Å². The molecule has 150 valence electrons. The van der Waals surface area contributed by atoms with Gasteiger partial charge >= 0.3 is 0 Å². The second kappa shape index (κ2) is 9.27. The molecule has 2 aromatic rings. The Morgan fingerprint density at radius 2 is 1.75 bits per heavy atom. The number of benzene rings is 2. The third-order valence-corrected chi connectivity index (χ3v) is 5.32. The molecular formula is C18H19Cl2N3O4S. The van der Waals surface area contributed by atoms with Gasteiger partial charge in [0.15, 0.2) is 0 Å². The monoisotopic (exact) mass is 443 g/mol. The summed E-state index contributed by atoms with van der Waals surface area (Å²) in [6.07, 6.45) is 0.989. The van der Waals surface area contributed by atoms with Crippen LogP contribution in [0, 0.1) is 0 Å². The first-order valence-corrected chi connectivity index (χ1v) is 10.6. The molecule has 2 aromatic carbocycles. The SMILES string of the molecule is COc1ccc(Cl)cc1N(CC(=O)N/N=C(/C)c1ccc(Cl)cc1)S(C)(=O)=O. The van der Waals surface area contributed by atoms with Gasteiger partial charge in [0, 0.05) is 10.0 Å². The summed E-state index contributed by atoms with van der Waals surface area (Å²) < 4.78 is 30.6. The highest BCUT2D eigenvalue weighted by Gasteiger charge is 2.24. The third kappa shape index (κ3) is 5.85. The molecule has 0 saturated heterocycles. The Morgan fingerprint density at radius 3 is 2.32 bits per heavy atom. The first-order chi connectivity index (χ1) is 13.1. The average molecular weight is 444 g/mol. The molecule has 0 saturated carbocycles. The zero-order valence-corrected chi connectivity index (χ0v) is 17.8. The van der Waals surface area contributed by atoms with Gasteiger partial charge in [0.1, 0.15) is 12.3 Å². The van der Waals surface area contributed by atoms with Gasteiger partial charge in [-0.05, 0) is 42.8 Å². The molecule has 0 fully saturated rings. The maximum Gasteiger partial charge on any atom is 0.260 e. The number of carbonyl (C=O) groups is 1. The van der Waals surface area contributed by atoms with Crippen LogP contribution < -0.4 is 14.5 Å². The molecule has 0 unspecified atom stereocenters. The number of nitrogens with one attached hydrogen (secondary N) is 1. The maximum atomic E-state index is 12.3. The summed E-state index contributed by atoms with van der Waals surface area (Å²) >= 11 is 11.8. The van der Waals surface area contributed by atoms with Crippen LogP contribution in [0.4, 0.5) is 5.69 Å². The molecule has 0 radical (unpaired) electrons. The molecule has 0 aliphatic carbocycles. The van der Waals surface area contributed by atoms with Gasteiger partial charge in [-0.1, -0.05) is 35.3 Å². The molecular weight excluding hydrogens is 425 g/mol. The summed E-state index contributed by atoms with van der Waals surface area (Å²) in [4.78, 5) is 12.3. The number of hydrazone groups is 1. The topological polar surface area (TPSA) is 88.1 Å². The fraction of sp³-hybridized carbons (Fsp3) is 0.222. The average Bonchev–Trinajstić information content (AvgIpc) is 2.63. The number of carbonyl (C=O) groups excluding carboxylic acids is 1. The molecule has 0 heterocycles. The molecule has 0 aliphatic rings. The Labute approximate surface area is 173 Å². The summed E-state index contributed by atoms with van der Waals surface area (Å²) in [6.45, 7) is 1.21. The van der Waals surface area contributed by atoms with Gasteiger partial charge in [-0.25, -0.2) is 13.8 Å². The molecule has 0 spiro atoms. The predicted octanol–water partition coefficient (Wildman–Crippen LogP) is 3.31. The quantitative estimate of drug-likeness (QED) is 0.524. The van der Waals surface area contributed by atoms with E-state index >= 15 is 0 Å². The summed E-state index contributed by atoms with van der Waals surface area (Å²) in [5.41, 5.74) is 3.82. The second-order valence-electron chi connectivity index (χ2n) is 5.82. The van der Waals surface area contributed by atoms with Gasteiger partial charge in [-0.2, -0.15) is 5.10 Å². The van der Waals surface area contributed by atoms with Crippen LogP contribution in [0.3, 0.4) is 0 Å². The number of halogens is 2. The number of rotatable bonds is 7. The number of methoxy groups -OCH3 is 1. The van der Waals surface area contributed by atoms with E-state index in [9.17, 15) is 13.2 Å². The first kappa shape index (κ1) is 22.0. The van der Waals surface area contributed by atoms with Gasteiger partial charge in [0.25, 0.3) is 5.91 Å². The van der Waals surface area contributed by atoms with Gasteiger partial charge in [0.2, 0.25) is 10.0 Å². The predicted molar refractivity (Wildman–Crippen MR) is 112 cm³/mol. The van der Waals surface area contributed by atoms with E-state index in [-0.39, 0.29) is 11.4 Å². The highest BCUT2D eigenvalue weighted by molar-refractivity contribution is 7.92. The molecule has 28 heavy (non-hydrogen) atoms. The Hall–Kier alpha value is -2.29. The van der Waals surface area contributed by atoms with Crippen molar-refractivity contribution in [2.24, 2.45) is 5.10 Å². The molecule has 1 amide bonds. The van der Waals surface area contributed by atoms with Gasteiger partial charge in [-0.3, -0.25) is 9.10 Å². The van der Waals surface area contributed by atoms with Crippen molar-refractivity contribution in [1.82, 2.24) is 5.43 Å². The molecule has 0 bridgehead atoms. The van der Waals surface area contributed by atoms with Crippen LogP contribution in [0.5, 0.6) is 5.75 Å². The lowest BCUT2D eigenvalue weighted by molar-refractivity contribution is -0.119. The largest absolute Gasteiger partial charge is 0.495 e. The summed E-state index contributed by atoms with van der Waals surface area (Å²) in [6, 6.07) is 11.4. The number of hydrogen-bond donors (Lipinski definition) is 1. The number of hydrogen-bond acceptors (Lipinski definition) is 5. The molecule has 2 rings (SSSR count). The fourth-order valence-corrected chi connectivity index (χ4v) is 3.45. The van der Waals surface area contributed by atoms with E-state index in [0.29, 0.717) is 15.8 Å². The number of ether oxygens (including phenoxy) is 1. The molecule has 0 atom stereocenters. The minimum atomic E-state index is -3.79. The van der Waals surface area contributed by atoms with Crippen LogP contribution in [0.2, 0.25) is 10.0 Å². The highest BCUT2D eigenvalue weighted by atomic mass is 35.5. The number of sulfonamides is 1. The normalized spacial score (nSPS) is 11.8. The summed E-state index contributed by atoms with van der Waals surface area (Å²) in [5.74, 6) is -0.357. The molecule has 1 N–H and O–H groups in total. The van der Waals surface area contributed by atoms with Crippen LogP contribution in [0.15, 0.2) is 47.6 Å². The van der Waals surface area contributed by atoms with Crippen molar-refractivity contribution in [3.8, 4) is 5.75 Å². The molecule has 0 aliphatic heterocycles. The van der Waals surface area contributed by atoms with Crippen LogP contribution in [0.25, 0.3) is 0 Å². The first-order valence-electron chi connectivity index (χ1n) is 8.02. The minimum Gasteiger partial charge on any atom is -0.495 e. The van der Waals surface area contributed by atoms with E-state index in [1.807, 2.05) is 0 Å². The molecule has 10 heteroatoms. The Balaban J connectivity index is 2.22. The van der Waals surface area contributed by atoms with Gasteiger partial charge in [-0.15, -0.1) is 0 Å². The van der Waals surface area contributed by atoms with Crippen LogP contribution in [-0.2, 0) is 14.8 Å². The van der Waals surface area contributed by atoms with E-state index < -0.39 is 22.5 Å². The van der Waals surface area contributed by atoms with Crippen molar-refractivity contribution in [2.75, 3.05) is 24.2 Å². The standard InChI is InChI=1S/C18H19Cl2N3O4S/c1-12(13-4-6-14(19)7-5-13)21-22-18(24)11-23(28(3,25)26)16-10-15(20)8-9-17(16)27-2/h4-10H,11H2,1-3H3,(H,22,24)/b21-12-. The van der Waals surface area contributed by atoms with Crippen LogP contribution >= 0.6 is 23.2 Å². The summed E-state index contributed by atoms with van der Waals surface area (Å²) in [5, 5.41) is 4.90. The smallest absolute Gasteiger partial charge is 0.260 e. The van der Waals surface area contributed by atoms with Gasteiger partial charge < -0.3 is 4.74 Å². The lowest BCUT2D eigenvalue weighted by Crippen LogP contribution is -2.39. The minimum absolute atomic E-state index is 0.158. The lowest BCUT2D eigenvalue weighted by atomic mass is 10.1. The van der Waals surface area contributed by atoms with E-state index in [2.05, 4.69) is 10.5 Å². The Bertz CT molecular complexity index is 992. The molecule has 0 aromatic heterocycles. The van der Waals surface area contributed by atoms with Crippen molar-refractivity contribution in [1.29, 1.82) is 0 Å². The lowest BCUT2D eigenvalue weighted by Gasteiger charge is -2.23. The van der Waals surface area contributed by atoms with Crippen LogP contribution in [0.1, 0.15) is 12.5 Å². The maximum absolute atomic E-state index is 12.3. The summed E-state index contributed by atoms with van der Waals surface area (Å²) in [7, 11) is -2.39. The Kier molecular flexibility index (Phi) is 7.29. The van der Waals surface area contributed by atoms with Crippen molar-refractivity contribution >= 4 is 50.5 Å². The third-order valence-electron chi connectivity index (χ3n) is 3.71. The van der Waals surface area contributed by atoms with E-state index in [0.717, 1.165) is 16.1 Å². The van der Waals surface area contributed by atoms with Crippen LogP contribution in [-0.4, -0.2) is 39.9 Å². The zero-order valence-electron chi connectivity index (χ0n) is 15.4. The second-order valence-corrected chi connectivity index (χ2v) is 8.60. The molecule has 7 nitrogen and oxygen atoms in total. The van der Waals surface area contributed by atoms with Crippen molar-refractivity contribution in [2.45, 2.75) is 6.92 Å². The number of anilines is 1. The van der Waals surface area contributed by atoms with Gasteiger partial charge in [0.05, 0.1) is 24.8 Å².